The summed E-state index contributed by atoms with van der Waals surface area (Å²) in [5.41, 5.74) is 1.68. The van der Waals surface area contributed by atoms with E-state index in [9.17, 15) is 9.59 Å². The monoisotopic (exact) mass is 540 g/mol. The molecule has 220 valence electrons. The lowest BCUT2D eigenvalue weighted by Crippen LogP contribution is -2.62. The van der Waals surface area contributed by atoms with Crippen LogP contribution in [0, 0.1) is 57.7 Å². The summed E-state index contributed by atoms with van der Waals surface area (Å²) in [6, 6.07) is 0. The topological polar surface area (TPSA) is 52.6 Å². The fourth-order valence-electron chi connectivity index (χ4n) is 10.8. The maximum Gasteiger partial charge on any atom is 0.308 e. The number of hydrogen-bond acceptors (Lipinski definition) is 4. The quantitative estimate of drug-likeness (QED) is 0.241. The summed E-state index contributed by atoms with van der Waals surface area (Å²) in [7, 11) is 1.86. The minimum atomic E-state index is -0.0214. The van der Waals surface area contributed by atoms with Crippen molar-refractivity contribution in [1.82, 2.24) is 0 Å². The van der Waals surface area contributed by atoms with Gasteiger partial charge in [0.1, 0.15) is 0 Å². The van der Waals surface area contributed by atoms with Crippen LogP contribution in [0.5, 0.6) is 0 Å². The average Bonchev–Trinajstić information content (AvgIpc) is 2.87. The van der Waals surface area contributed by atoms with Crippen molar-refractivity contribution in [3.05, 3.63) is 11.6 Å². The molecule has 0 N–H and O–H groups in total. The van der Waals surface area contributed by atoms with Crippen LogP contribution in [0.3, 0.4) is 0 Å². The van der Waals surface area contributed by atoms with Gasteiger partial charge in [-0.1, -0.05) is 53.5 Å². The van der Waals surface area contributed by atoms with E-state index in [0.29, 0.717) is 48.1 Å². The molecule has 5 rings (SSSR count). The van der Waals surface area contributed by atoms with Crippen molar-refractivity contribution in [3.63, 3.8) is 0 Å². The van der Waals surface area contributed by atoms with Crippen molar-refractivity contribution in [3.8, 4) is 0 Å². The van der Waals surface area contributed by atoms with Gasteiger partial charge in [0.2, 0.25) is 0 Å². The first kappa shape index (κ1) is 29.3. The number of fused-ring (bicyclic) bond motifs is 7. The smallest absolute Gasteiger partial charge is 0.308 e. The number of allylic oxidation sites excluding steroid dienone is 2. The molecule has 5 aliphatic carbocycles. The summed E-state index contributed by atoms with van der Waals surface area (Å²) in [6.07, 6.45) is 15.5. The molecule has 4 fully saturated rings. The number of ketones is 1. The molecule has 0 heterocycles. The standard InChI is InChI=1S/C35H56O4/c1-22(2)10-8-9-19-39-32(37)24-11-15-33(4)16-12-27-25(28(33)20-24)21-29(36)31-34(5)18-14-30(38-7)23(3)26(34)13-17-35(27,31)6/h21-24,26-28,30-31H,8-20H2,1-7H3/t23-,24?,26?,27?,28?,30?,31?,33-,34+,35+/m1/s1. The maximum atomic E-state index is 14.3. The Kier molecular flexibility index (Phi) is 8.21. The average molecular weight is 541 g/mol. The summed E-state index contributed by atoms with van der Waals surface area (Å²) in [4.78, 5) is 27.4. The predicted octanol–water partition coefficient (Wildman–Crippen LogP) is 8.18. The van der Waals surface area contributed by atoms with E-state index in [-0.39, 0.29) is 34.1 Å². The lowest BCUT2D eigenvalue weighted by molar-refractivity contribution is -0.171. The molecule has 0 spiro atoms. The van der Waals surface area contributed by atoms with Crippen LogP contribution in [-0.4, -0.2) is 31.6 Å². The number of unbranched alkanes of at least 4 members (excludes halogenated alkanes) is 1. The molecule has 0 saturated heterocycles. The van der Waals surface area contributed by atoms with Gasteiger partial charge < -0.3 is 9.47 Å². The molecule has 6 unspecified atom stereocenters. The second-order valence-corrected chi connectivity index (χ2v) is 15.6. The van der Waals surface area contributed by atoms with Crippen LogP contribution in [0.1, 0.15) is 119 Å². The molecule has 0 aromatic carbocycles. The van der Waals surface area contributed by atoms with Crippen LogP contribution in [0.2, 0.25) is 0 Å². The summed E-state index contributed by atoms with van der Waals surface area (Å²) in [5.74, 6) is 3.04. The number of methoxy groups -OCH3 is 1. The van der Waals surface area contributed by atoms with Crippen LogP contribution in [0.15, 0.2) is 11.6 Å². The van der Waals surface area contributed by atoms with Crippen molar-refractivity contribution >= 4 is 11.8 Å². The number of esters is 1. The fraction of sp³-hybridized carbons (Fsp3) is 0.886. The molecular weight excluding hydrogens is 484 g/mol. The van der Waals surface area contributed by atoms with Gasteiger partial charge in [0, 0.05) is 13.0 Å². The molecule has 0 radical (unpaired) electrons. The third-order valence-electron chi connectivity index (χ3n) is 13.0. The number of carbonyl (C=O) groups is 2. The molecule has 5 aliphatic rings. The van der Waals surface area contributed by atoms with E-state index in [1.807, 2.05) is 7.11 Å². The number of hydrogen-bond donors (Lipinski definition) is 0. The van der Waals surface area contributed by atoms with Crippen LogP contribution >= 0.6 is 0 Å². The highest BCUT2D eigenvalue weighted by Crippen LogP contribution is 2.69. The largest absolute Gasteiger partial charge is 0.465 e. The molecule has 4 saturated carbocycles. The predicted molar refractivity (Wildman–Crippen MR) is 156 cm³/mol. The van der Waals surface area contributed by atoms with Gasteiger partial charge in [-0.2, -0.15) is 0 Å². The Hall–Kier alpha value is -1.16. The van der Waals surface area contributed by atoms with E-state index in [1.165, 1.54) is 31.3 Å². The zero-order valence-corrected chi connectivity index (χ0v) is 26.0. The summed E-state index contributed by atoms with van der Waals surface area (Å²) < 4.78 is 11.7. The third-order valence-corrected chi connectivity index (χ3v) is 13.0. The Morgan fingerprint density at radius 3 is 2.41 bits per heavy atom. The number of carbonyl (C=O) groups excluding carboxylic acids is 2. The van der Waals surface area contributed by atoms with Gasteiger partial charge >= 0.3 is 5.97 Å². The van der Waals surface area contributed by atoms with Crippen molar-refractivity contribution in [2.24, 2.45) is 57.7 Å². The normalized spacial score (nSPS) is 45.5. The van der Waals surface area contributed by atoms with Gasteiger partial charge in [-0.15, -0.1) is 0 Å². The van der Waals surface area contributed by atoms with Crippen molar-refractivity contribution in [2.45, 2.75) is 125 Å². The van der Waals surface area contributed by atoms with E-state index >= 15 is 0 Å². The minimum absolute atomic E-state index is 0.00690. The van der Waals surface area contributed by atoms with Crippen molar-refractivity contribution < 1.29 is 19.1 Å². The van der Waals surface area contributed by atoms with E-state index in [0.717, 1.165) is 51.4 Å². The van der Waals surface area contributed by atoms with E-state index in [2.05, 4.69) is 47.6 Å². The second kappa shape index (κ2) is 10.9. The Morgan fingerprint density at radius 2 is 1.69 bits per heavy atom. The molecule has 0 aromatic rings. The van der Waals surface area contributed by atoms with Crippen LogP contribution in [-0.2, 0) is 19.1 Å². The highest BCUT2D eigenvalue weighted by molar-refractivity contribution is 5.95. The minimum Gasteiger partial charge on any atom is -0.465 e. The molecule has 0 bridgehead atoms. The third kappa shape index (κ3) is 4.97. The van der Waals surface area contributed by atoms with Gasteiger partial charge in [0.25, 0.3) is 0 Å². The Bertz CT molecular complexity index is 968. The summed E-state index contributed by atoms with van der Waals surface area (Å²) >= 11 is 0. The summed E-state index contributed by atoms with van der Waals surface area (Å²) in [6.45, 7) is 14.8. The lowest BCUT2D eigenvalue weighted by Gasteiger charge is -2.65. The SMILES string of the molecule is COC1CC[C@@]2(C)C(CC[C@@]3(C)C4CC[C@@]5(C)CCC(C(=O)OCCCCC(C)C)CC5C4=CC(=O)C32)[C@H]1C. The first-order chi connectivity index (χ1) is 18.4. The lowest BCUT2D eigenvalue weighted by atomic mass is 9.38. The van der Waals surface area contributed by atoms with Gasteiger partial charge in [-0.05, 0) is 123 Å². The number of ether oxygens (including phenoxy) is 2. The molecule has 0 aliphatic heterocycles. The highest BCUT2D eigenvalue weighted by atomic mass is 16.5. The molecule has 0 amide bonds. The molecule has 4 heteroatoms. The molecule has 10 atom stereocenters. The van der Waals surface area contributed by atoms with E-state index in [1.54, 1.807) is 0 Å². The Labute approximate surface area is 238 Å². The maximum absolute atomic E-state index is 14.3. The fourth-order valence-corrected chi connectivity index (χ4v) is 10.8. The van der Waals surface area contributed by atoms with Crippen LogP contribution in [0.4, 0.5) is 0 Å². The summed E-state index contributed by atoms with van der Waals surface area (Å²) in [5, 5.41) is 0. The molecular formula is C35H56O4. The van der Waals surface area contributed by atoms with E-state index in [4.69, 9.17) is 9.47 Å². The van der Waals surface area contributed by atoms with Gasteiger partial charge in [0.05, 0.1) is 18.6 Å². The van der Waals surface area contributed by atoms with Crippen molar-refractivity contribution in [1.29, 1.82) is 0 Å². The Balaban J connectivity index is 1.35. The molecule has 0 aromatic heterocycles. The number of rotatable bonds is 7. The molecule has 4 nitrogen and oxygen atoms in total. The van der Waals surface area contributed by atoms with Crippen molar-refractivity contribution in [2.75, 3.05) is 13.7 Å². The zero-order chi connectivity index (χ0) is 28.2. The van der Waals surface area contributed by atoms with Gasteiger partial charge in [-0.3, -0.25) is 9.59 Å². The highest BCUT2D eigenvalue weighted by Gasteiger charge is 2.65. The first-order valence-electron chi connectivity index (χ1n) is 16.4. The molecule has 39 heavy (non-hydrogen) atoms. The van der Waals surface area contributed by atoms with Crippen LogP contribution < -0.4 is 0 Å². The van der Waals surface area contributed by atoms with Gasteiger partial charge in [0.15, 0.2) is 5.78 Å². The zero-order valence-electron chi connectivity index (χ0n) is 26.0. The van der Waals surface area contributed by atoms with Crippen LogP contribution in [0.25, 0.3) is 0 Å². The second-order valence-electron chi connectivity index (χ2n) is 15.6. The Morgan fingerprint density at radius 1 is 0.974 bits per heavy atom. The van der Waals surface area contributed by atoms with Gasteiger partial charge in [-0.25, -0.2) is 0 Å². The van der Waals surface area contributed by atoms with E-state index < -0.39 is 0 Å². The first-order valence-corrected chi connectivity index (χ1v) is 16.4.